The fourth-order valence-corrected chi connectivity index (χ4v) is 5.78. The summed E-state index contributed by atoms with van der Waals surface area (Å²) in [5.74, 6) is -0.227. The van der Waals surface area contributed by atoms with Crippen LogP contribution in [0.4, 0.5) is 4.79 Å². The van der Waals surface area contributed by atoms with E-state index in [1.165, 1.54) is 4.31 Å². The first-order valence-electron chi connectivity index (χ1n) is 13.1. The lowest BCUT2D eigenvalue weighted by molar-refractivity contribution is -0.135. The molecule has 1 heterocycles. The maximum atomic E-state index is 13.6. The SMILES string of the molecule is CCCN(CC(=O)N(Cc1ccccc1C)C1CCN(C(=O)NCc2ccccc2)CC1)S(=O)(=O)CC. The Hall–Kier alpha value is -2.91. The van der Waals surface area contributed by atoms with Crippen LogP contribution < -0.4 is 5.32 Å². The maximum absolute atomic E-state index is 13.6. The fraction of sp³-hybridized carbons (Fsp3) is 0.500. The van der Waals surface area contributed by atoms with Crippen molar-refractivity contribution in [3.8, 4) is 0 Å². The molecule has 8 nitrogen and oxygen atoms in total. The van der Waals surface area contributed by atoms with Gasteiger partial charge in [-0.05, 0) is 49.8 Å². The molecule has 0 atom stereocenters. The lowest BCUT2D eigenvalue weighted by Gasteiger charge is -2.39. The Morgan fingerprint density at radius 1 is 1.00 bits per heavy atom. The van der Waals surface area contributed by atoms with Crippen LogP contribution in [0.3, 0.4) is 0 Å². The van der Waals surface area contributed by atoms with E-state index in [0.717, 1.165) is 16.7 Å². The first-order chi connectivity index (χ1) is 17.7. The van der Waals surface area contributed by atoms with Gasteiger partial charge in [0.2, 0.25) is 15.9 Å². The van der Waals surface area contributed by atoms with Gasteiger partial charge in [-0.1, -0.05) is 61.5 Å². The minimum absolute atomic E-state index is 0.0332. The second kappa shape index (κ2) is 13.6. The summed E-state index contributed by atoms with van der Waals surface area (Å²) in [6, 6.07) is 17.5. The van der Waals surface area contributed by atoms with Crippen LogP contribution in [-0.2, 0) is 27.9 Å². The van der Waals surface area contributed by atoms with Gasteiger partial charge >= 0.3 is 6.03 Å². The van der Waals surface area contributed by atoms with E-state index >= 15 is 0 Å². The number of hydrogen-bond acceptors (Lipinski definition) is 4. The van der Waals surface area contributed by atoms with Crippen molar-refractivity contribution in [1.82, 2.24) is 19.4 Å². The molecule has 2 aromatic carbocycles. The normalized spacial score (nSPS) is 14.5. The number of rotatable bonds is 11. The Morgan fingerprint density at radius 2 is 1.65 bits per heavy atom. The van der Waals surface area contributed by atoms with Gasteiger partial charge in [0, 0.05) is 38.8 Å². The average Bonchev–Trinajstić information content (AvgIpc) is 2.91. The second-order valence-electron chi connectivity index (χ2n) is 9.54. The van der Waals surface area contributed by atoms with Crippen molar-refractivity contribution in [3.05, 3.63) is 71.3 Å². The Kier molecular flexibility index (Phi) is 10.5. The van der Waals surface area contributed by atoms with Gasteiger partial charge in [-0.25, -0.2) is 13.2 Å². The summed E-state index contributed by atoms with van der Waals surface area (Å²) in [7, 11) is -3.49. The van der Waals surface area contributed by atoms with Crippen molar-refractivity contribution in [2.45, 2.75) is 59.2 Å². The van der Waals surface area contributed by atoms with Crippen LogP contribution in [-0.4, -0.2) is 72.4 Å². The van der Waals surface area contributed by atoms with Gasteiger partial charge in [-0.15, -0.1) is 0 Å². The van der Waals surface area contributed by atoms with E-state index < -0.39 is 10.0 Å². The molecule has 0 spiro atoms. The summed E-state index contributed by atoms with van der Waals surface area (Å²) in [6.07, 6.45) is 1.93. The standard InChI is InChI=1S/C28H40N4O4S/c1-4-17-31(37(35,36)5-2)22-27(33)32(21-25-14-10-9-11-23(25)3)26-15-18-30(19-16-26)28(34)29-20-24-12-7-6-8-13-24/h6-14,26H,4-5,15-22H2,1-3H3,(H,29,34). The number of sulfonamides is 1. The smallest absolute Gasteiger partial charge is 0.317 e. The van der Waals surface area contributed by atoms with Crippen LogP contribution in [0, 0.1) is 6.92 Å². The number of amides is 3. The second-order valence-corrected chi connectivity index (χ2v) is 11.8. The minimum Gasteiger partial charge on any atom is -0.334 e. The molecule has 1 aliphatic rings. The zero-order valence-electron chi connectivity index (χ0n) is 22.2. The molecule has 37 heavy (non-hydrogen) atoms. The van der Waals surface area contributed by atoms with Crippen LogP contribution in [0.1, 0.15) is 49.8 Å². The number of nitrogens with zero attached hydrogens (tertiary/aromatic N) is 3. The molecular formula is C28H40N4O4S. The number of carbonyl (C=O) groups excluding carboxylic acids is 2. The van der Waals surface area contributed by atoms with Gasteiger partial charge in [0.15, 0.2) is 0 Å². The summed E-state index contributed by atoms with van der Waals surface area (Å²) in [6.45, 7) is 7.65. The molecule has 0 aliphatic carbocycles. The summed E-state index contributed by atoms with van der Waals surface area (Å²) in [5.41, 5.74) is 3.17. The molecule has 0 bridgehead atoms. The highest BCUT2D eigenvalue weighted by Gasteiger charge is 2.32. The summed E-state index contributed by atoms with van der Waals surface area (Å²) < 4.78 is 26.6. The first-order valence-corrected chi connectivity index (χ1v) is 14.7. The molecule has 1 saturated heterocycles. The van der Waals surface area contributed by atoms with Gasteiger partial charge in [0.25, 0.3) is 0 Å². The Labute approximate surface area is 221 Å². The molecule has 0 unspecified atom stereocenters. The van der Waals surface area contributed by atoms with Crippen molar-refractivity contribution in [2.75, 3.05) is 31.9 Å². The average molecular weight is 529 g/mol. The van der Waals surface area contributed by atoms with Crippen LogP contribution >= 0.6 is 0 Å². The summed E-state index contributed by atoms with van der Waals surface area (Å²) in [5, 5.41) is 2.98. The molecule has 1 fully saturated rings. The van der Waals surface area contributed by atoms with E-state index in [0.29, 0.717) is 52.0 Å². The van der Waals surface area contributed by atoms with Crippen molar-refractivity contribution < 1.29 is 18.0 Å². The van der Waals surface area contributed by atoms with Crippen LogP contribution in [0.25, 0.3) is 0 Å². The largest absolute Gasteiger partial charge is 0.334 e. The first kappa shape index (κ1) is 28.7. The van der Waals surface area contributed by atoms with Gasteiger partial charge in [-0.2, -0.15) is 4.31 Å². The molecule has 3 amide bonds. The maximum Gasteiger partial charge on any atom is 0.317 e. The monoisotopic (exact) mass is 528 g/mol. The van der Waals surface area contributed by atoms with E-state index in [4.69, 9.17) is 0 Å². The number of urea groups is 1. The summed E-state index contributed by atoms with van der Waals surface area (Å²) >= 11 is 0. The van der Waals surface area contributed by atoms with Crippen molar-refractivity contribution in [2.24, 2.45) is 0 Å². The molecule has 0 aromatic heterocycles. The number of hydrogen-bond donors (Lipinski definition) is 1. The lowest BCUT2D eigenvalue weighted by Crippen LogP contribution is -2.52. The lowest BCUT2D eigenvalue weighted by atomic mass is 10.0. The molecule has 202 valence electrons. The molecule has 9 heteroatoms. The number of likely N-dealkylation sites (tertiary alicyclic amines) is 1. The highest BCUT2D eigenvalue weighted by molar-refractivity contribution is 7.89. The molecule has 1 N–H and O–H groups in total. The number of aryl methyl sites for hydroxylation is 1. The molecule has 3 rings (SSSR count). The van der Waals surface area contributed by atoms with Gasteiger partial charge in [0.05, 0.1) is 12.3 Å². The van der Waals surface area contributed by atoms with Gasteiger partial charge < -0.3 is 15.1 Å². The van der Waals surface area contributed by atoms with Crippen molar-refractivity contribution in [1.29, 1.82) is 0 Å². The highest BCUT2D eigenvalue weighted by Crippen LogP contribution is 2.22. The molecular weight excluding hydrogens is 488 g/mol. The molecule has 2 aromatic rings. The predicted molar refractivity (Wildman–Crippen MR) is 146 cm³/mol. The molecule has 1 aliphatic heterocycles. The third-order valence-corrected chi connectivity index (χ3v) is 8.77. The number of benzene rings is 2. The topological polar surface area (TPSA) is 90.0 Å². The van der Waals surface area contributed by atoms with E-state index in [9.17, 15) is 18.0 Å². The third kappa shape index (κ3) is 8.04. The Bertz CT molecular complexity index is 1130. The number of nitrogens with one attached hydrogen (secondary N) is 1. The Balaban J connectivity index is 1.69. The van der Waals surface area contributed by atoms with Crippen molar-refractivity contribution >= 4 is 22.0 Å². The minimum atomic E-state index is -3.49. The predicted octanol–water partition coefficient (Wildman–Crippen LogP) is 3.76. The number of carbonyl (C=O) groups is 2. The molecule has 0 radical (unpaired) electrons. The zero-order chi connectivity index (χ0) is 26.8. The van der Waals surface area contributed by atoms with E-state index in [1.807, 2.05) is 73.3 Å². The Morgan fingerprint density at radius 3 is 2.27 bits per heavy atom. The van der Waals surface area contributed by atoms with Crippen LogP contribution in [0.15, 0.2) is 54.6 Å². The quantitative estimate of drug-likeness (QED) is 0.481. The molecule has 0 saturated carbocycles. The van der Waals surface area contributed by atoms with Crippen LogP contribution in [0.2, 0.25) is 0 Å². The fourth-order valence-electron chi connectivity index (χ4n) is 4.65. The van der Waals surface area contributed by atoms with Gasteiger partial charge in [-0.3, -0.25) is 4.79 Å². The van der Waals surface area contributed by atoms with E-state index in [-0.39, 0.29) is 30.3 Å². The van der Waals surface area contributed by atoms with E-state index in [1.54, 1.807) is 11.8 Å². The van der Waals surface area contributed by atoms with E-state index in [2.05, 4.69) is 5.32 Å². The zero-order valence-corrected chi connectivity index (χ0v) is 23.0. The van der Waals surface area contributed by atoms with Gasteiger partial charge in [0.1, 0.15) is 0 Å². The summed E-state index contributed by atoms with van der Waals surface area (Å²) in [4.78, 5) is 30.0. The van der Waals surface area contributed by atoms with Crippen LogP contribution in [0.5, 0.6) is 0 Å². The van der Waals surface area contributed by atoms with Crippen molar-refractivity contribution in [3.63, 3.8) is 0 Å². The highest BCUT2D eigenvalue weighted by atomic mass is 32.2. The third-order valence-electron chi connectivity index (χ3n) is 6.94. The number of piperidine rings is 1.